The topological polar surface area (TPSA) is 71.1 Å². The summed E-state index contributed by atoms with van der Waals surface area (Å²) >= 11 is 6.35. The zero-order valence-electron chi connectivity index (χ0n) is 21.2. The van der Waals surface area contributed by atoms with Crippen molar-refractivity contribution in [1.29, 1.82) is 0 Å². The molecule has 1 aliphatic rings. The molecule has 210 valence electrons. The van der Waals surface area contributed by atoms with Gasteiger partial charge < -0.3 is 10.6 Å². The van der Waals surface area contributed by atoms with Crippen molar-refractivity contribution in [1.82, 2.24) is 10.3 Å². The fraction of sp³-hybridized carbons (Fsp3) is 0.0645. The normalized spacial score (nSPS) is 14.5. The number of amides is 2. The summed E-state index contributed by atoms with van der Waals surface area (Å²) in [5, 5.41) is 6.23. The van der Waals surface area contributed by atoms with Gasteiger partial charge >= 0.3 is 6.18 Å². The van der Waals surface area contributed by atoms with Crippen molar-refractivity contribution in [2.45, 2.75) is 12.2 Å². The van der Waals surface area contributed by atoms with E-state index in [0.29, 0.717) is 28.8 Å². The van der Waals surface area contributed by atoms with E-state index in [1.807, 2.05) is 12.1 Å². The Hall–Kier alpha value is -4.83. The number of nitrogens with zero attached hydrogens (tertiary/aromatic N) is 1. The fourth-order valence-corrected chi connectivity index (χ4v) is 5.30. The van der Waals surface area contributed by atoms with Crippen molar-refractivity contribution in [3.05, 3.63) is 130 Å². The van der Waals surface area contributed by atoms with Crippen molar-refractivity contribution in [3.63, 3.8) is 0 Å². The Morgan fingerprint density at radius 3 is 2.48 bits per heavy atom. The molecule has 0 fully saturated rings. The number of para-hydroxylation sites is 1. The Kier molecular flexibility index (Phi) is 6.65. The molecule has 1 aromatic heterocycles. The number of benzene rings is 4. The van der Waals surface area contributed by atoms with Crippen LogP contribution in [0.4, 0.5) is 27.6 Å². The largest absolute Gasteiger partial charge is 0.416 e. The maximum absolute atomic E-state index is 14.2. The number of pyridine rings is 1. The number of nitrogens with one attached hydrogen (secondary N) is 2. The average Bonchev–Trinajstić information content (AvgIpc) is 3.29. The minimum atomic E-state index is -4.89. The number of rotatable bonds is 4. The van der Waals surface area contributed by atoms with Crippen molar-refractivity contribution in [2.75, 3.05) is 5.32 Å². The van der Waals surface area contributed by atoms with Gasteiger partial charge in [-0.25, -0.2) is 8.78 Å². The predicted octanol–water partition coefficient (Wildman–Crippen LogP) is 7.94. The van der Waals surface area contributed by atoms with E-state index in [1.54, 1.807) is 30.5 Å². The molecule has 0 saturated carbocycles. The van der Waals surface area contributed by atoms with Gasteiger partial charge in [-0.15, -0.1) is 0 Å². The average molecular weight is 594 g/mol. The molecule has 1 atom stereocenters. The van der Waals surface area contributed by atoms with E-state index in [-0.39, 0.29) is 33.5 Å². The number of carbonyl (C=O) groups is 2. The predicted molar refractivity (Wildman–Crippen MR) is 147 cm³/mol. The molecule has 1 unspecified atom stereocenters. The quantitative estimate of drug-likeness (QED) is 0.208. The van der Waals surface area contributed by atoms with Crippen LogP contribution in [0.1, 0.15) is 43.4 Å². The summed E-state index contributed by atoms with van der Waals surface area (Å²) in [5.41, 5.74) is 0.301. The zero-order chi connectivity index (χ0) is 29.8. The lowest BCUT2D eigenvalue weighted by atomic mass is 9.92. The summed E-state index contributed by atoms with van der Waals surface area (Å²) in [6.45, 7) is 0. The summed E-state index contributed by atoms with van der Waals surface area (Å²) in [7, 11) is 0. The van der Waals surface area contributed by atoms with Crippen molar-refractivity contribution >= 4 is 40.0 Å². The number of carbonyl (C=O) groups excluding carboxylic acids is 2. The van der Waals surface area contributed by atoms with Crippen LogP contribution in [0.5, 0.6) is 0 Å². The molecule has 0 saturated heterocycles. The van der Waals surface area contributed by atoms with Crippen molar-refractivity contribution < 1.29 is 31.5 Å². The van der Waals surface area contributed by atoms with Gasteiger partial charge in [0.2, 0.25) is 0 Å². The molecule has 1 aliphatic heterocycles. The van der Waals surface area contributed by atoms with E-state index in [9.17, 15) is 31.5 Å². The van der Waals surface area contributed by atoms with E-state index in [4.69, 9.17) is 11.6 Å². The smallest absolute Gasteiger partial charge is 0.341 e. The standard InChI is InChI=1S/C31H17ClF5N3O2/c32-24-7-6-19(33)14-22(24)28-26-23(30(42)40-28)11-16(21-5-1-3-15-4-2-8-38-27(15)21)12-25(26)39-29(41)17-9-18(31(35,36)37)13-20(34)10-17/h1-14,28H,(H,39,41)(H,40,42). The molecule has 0 radical (unpaired) electrons. The van der Waals surface area contributed by atoms with Gasteiger partial charge in [0.15, 0.2) is 0 Å². The summed E-state index contributed by atoms with van der Waals surface area (Å²) < 4.78 is 68.4. The Morgan fingerprint density at radius 2 is 1.69 bits per heavy atom. The highest BCUT2D eigenvalue weighted by Crippen LogP contribution is 2.42. The molecule has 5 nitrogen and oxygen atoms in total. The fourth-order valence-electron chi connectivity index (χ4n) is 5.08. The molecule has 0 spiro atoms. The molecule has 0 bridgehead atoms. The van der Waals surface area contributed by atoms with Gasteiger partial charge in [-0.2, -0.15) is 13.2 Å². The lowest BCUT2D eigenvalue weighted by molar-refractivity contribution is -0.137. The molecule has 11 heteroatoms. The second-order valence-corrected chi connectivity index (χ2v) is 10.0. The lowest BCUT2D eigenvalue weighted by Crippen LogP contribution is -2.21. The third-order valence-electron chi connectivity index (χ3n) is 6.94. The summed E-state index contributed by atoms with van der Waals surface area (Å²) in [6.07, 6.45) is -3.30. The number of hydrogen-bond acceptors (Lipinski definition) is 3. The van der Waals surface area contributed by atoms with Crippen LogP contribution >= 0.6 is 11.6 Å². The first kappa shape index (κ1) is 27.3. The highest BCUT2D eigenvalue weighted by Gasteiger charge is 2.36. The lowest BCUT2D eigenvalue weighted by Gasteiger charge is -2.19. The van der Waals surface area contributed by atoms with Crippen LogP contribution in [0.15, 0.2) is 85.1 Å². The third-order valence-corrected chi connectivity index (χ3v) is 7.28. The highest BCUT2D eigenvalue weighted by atomic mass is 35.5. The van der Waals surface area contributed by atoms with E-state index < -0.39 is 46.8 Å². The minimum absolute atomic E-state index is 0.0296. The number of aromatic nitrogens is 1. The van der Waals surface area contributed by atoms with E-state index >= 15 is 0 Å². The summed E-state index contributed by atoms with van der Waals surface area (Å²) in [4.78, 5) is 31.0. The number of alkyl halides is 3. The molecule has 2 heterocycles. The summed E-state index contributed by atoms with van der Waals surface area (Å²) in [5.74, 6) is -3.48. The monoisotopic (exact) mass is 593 g/mol. The van der Waals surface area contributed by atoms with E-state index in [0.717, 1.165) is 17.5 Å². The second kappa shape index (κ2) is 10.2. The highest BCUT2D eigenvalue weighted by molar-refractivity contribution is 6.31. The van der Waals surface area contributed by atoms with Crippen LogP contribution in [-0.4, -0.2) is 16.8 Å². The maximum atomic E-state index is 14.2. The Labute approximate surface area is 240 Å². The molecule has 6 rings (SSSR count). The van der Waals surface area contributed by atoms with Gasteiger partial charge in [0.1, 0.15) is 11.6 Å². The number of fused-ring (bicyclic) bond motifs is 2. The molecule has 2 amide bonds. The van der Waals surface area contributed by atoms with Crippen molar-refractivity contribution in [2.24, 2.45) is 0 Å². The van der Waals surface area contributed by atoms with Gasteiger partial charge in [0.05, 0.1) is 17.1 Å². The number of hydrogen-bond donors (Lipinski definition) is 2. The van der Waals surface area contributed by atoms with Crippen LogP contribution in [0.3, 0.4) is 0 Å². The SMILES string of the molecule is O=C(Nc1cc(-c2cccc3cccnc23)cc2c1C(c1cc(F)ccc1Cl)NC2=O)c1cc(F)cc(C(F)(F)F)c1. The van der Waals surface area contributed by atoms with Gasteiger partial charge in [0.25, 0.3) is 11.8 Å². The molecule has 5 aromatic rings. The Balaban J connectivity index is 1.54. The Morgan fingerprint density at radius 1 is 0.905 bits per heavy atom. The van der Waals surface area contributed by atoms with Crippen LogP contribution in [-0.2, 0) is 6.18 Å². The molecule has 4 aromatic carbocycles. The van der Waals surface area contributed by atoms with E-state index in [2.05, 4.69) is 15.6 Å². The minimum Gasteiger partial charge on any atom is -0.341 e. The molecule has 0 aliphatic carbocycles. The van der Waals surface area contributed by atoms with Crippen molar-refractivity contribution in [3.8, 4) is 11.1 Å². The number of halogens is 6. The first-order valence-corrected chi connectivity index (χ1v) is 12.8. The van der Waals surface area contributed by atoms with Crippen LogP contribution < -0.4 is 10.6 Å². The first-order chi connectivity index (χ1) is 20.0. The zero-order valence-corrected chi connectivity index (χ0v) is 21.9. The molecule has 42 heavy (non-hydrogen) atoms. The summed E-state index contributed by atoms with van der Waals surface area (Å²) in [6, 6.07) is 16.2. The van der Waals surface area contributed by atoms with E-state index in [1.165, 1.54) is 12.1 Å². The van der Waals surface area contributed by atoms with Crippen LogP contribution in [0.25, 0.3) is 22.0 Å². The van der Waals surface area contributed by atoms with Gasteiger partial charge in [-0.1, -0.05) is 35.9 Å². The van der Waals surface area contributed by atoms with Gasteiger partial charge in [0, 0.05) is 50.1 Å². The number of anilines is 1. The third kappa shape index (κ3) is 4.94. The molecular weight excluding hydrogens is 577 g/mol. The maximum Gasteiger partial charge on any atom is 0.416 e. The van der Waals surface area contributed by atoms with Crippen LogP contribution in [0.2, 0.25) is 5.02 Å². The van der Waals surface area contributed by atoms with Crippen LogP contribution in [0, 0.1) is 11.6 Å². The molecule has 2 N–H and O–H groups in total. The second-order valence-electron chi connectivity index (χ2n) is 9.62. The first-order valence-electron chi connectivity index (χ1n) is 12.5. The Bertz CT molecular complexity index is 1920. The van der Waals surface area contributed by atoms with Gasteiger partial charge in [-0.3, -0.25) is 14.6 Å². The van der Waals surface area contributed by atoms with Gasteiger partial charge in [-0.05, 0) is 60.2 Å². The molecular formula is C31H17ClF5N3O2.